The predicted octanol–water partition coefficient (Wildman–Crippen LogP) is 1.08. The number of aromatic hydroxyl groups is 2. The van der Waals surface area contributed by atoms with Gasteiger partial charge in [0.25, 0.3) is 0 Å². The molecule has 0 unspecified atom stereocenters. The monoisotopic (exact) mass is 170 g/mol. The zero-order chi connectivity index (χ0) is 8.97. The fraction of sp³-hybridized carbons (Fsp3) is 0.250. The molecule has 66 valence electrons. The molecule has 0 saturated carbocycles. The van der Waals surface area contributed by atoms with Crippen LogP contribution in [0.3, 0.4) is 0 Å². The standard InChI is InChI=1S/C8H10O4/c1-11-5-12-7-4-2-3-6(9)8(7)10/h2-4,9-10H,5H2,1H3. The highest BCUT2D eigenvalue weighted by Crippen LogP contribution is 2.34. The van der Waals surface area contributed by atoms with E-state index in [0.29, 0.717) is 0 Å². The first-order valence-corrected chi connectivity index (χ1v) is 3.38. The van der Waals surface area contributed by atoms with Crippen LogP contribution in [0.5, 0.6) is 17.2 Å². The Bertz CT molecular complexity index is 259. The van der Waals surface area contributed by atoms with Gasteiger partial charge in [-0.2, -0.15) is 0 Å². The second kappa shape index (κ2) is 3.82. The second-order valence-electron chi connectivity index (χ2n) is 2.17. The Morgan fingerprint density at radius 3 is 2.75 bits per heavy atom. The van der Waals surface area contributed by atoms with Gasteiger partial charge in [0.05, 0.1) is 0 Å². The van der Waals surface area contributed by atoms with Crippen molar-refractivity contribution in [2.24, 2.45) is 0 Å². The van der Waals surface area contributed by atoms with E-state index in [1.807, 2.05) is 0 Å². The van der Waals surface area contributed by atoms with Crippen LogP contribution in [0.4, 0.5) is 0 Å². The minimum Gasteiger partial charge on any atom is -0.504 e. The van der Waals surface area contributed by atoms with Crippen molar-refractivity contribution in [2.45, 2.75) is 0 Å². The topological polar surface area (TPSA) is 58.9 Å². The van der Waals surface area contributed by atoms with Crippen molar-refractivity contribution in [3.8, 4) is 17.2 Å². The highest BCUT2D eigenvalue weighted by Gasteiger charge is 2.05. The molecule has 1 rings (SSSR count). The highest BCUT2D eigenvalue weighted by atomic mass is 16.7. The van der Waals surface area contributed by atoms with Crippen LogP contribution in [-0.4, -0.2) is 24.1 Å². The molecule has 0 radical (unpaired) electrons. The maximum Gasteiger partial charge on any atom is 0.200 e. The van der Waals surface area contributed by atoms with Gasteiger partial charge in [0.2, 0.25) is 5.75 Å². The number of hydrogen-bond donors (Lipinski definition) is 2. The van der Waals surface area contributed by atoms with Crippen molar-refractivity contribution in [2.75, 3.05) is 13.9 Å². The van der Waals surface area contributed by atoms with E-state index in [2.05, 4.69) is 4.74 Å². The molecule has 0 bridgehead atoms. The van der Waals surface area contributed by atoms with Crippen LogP contribution in [0.15, 0.2) is 18.2 Å². The fourth-order valence-corrected chi connectivity index (χ4v) is 0.750. The Hall–Kier alpha value is -1.42. The van der Waals surface area contributed by atoms with Gasteiger partial charge in [-0.15, -0.1) is 0 Å². The average Bonchev–Trinajstić information content (AvgIpc) is 2.08. The molecule has 12 heavy (non-hydrogen) atoms. The molecule has 4 nitrogen and oxygen atoms in total. The highest BCUT2D eigenvalue weighted by molar-refractivity contribution is 5.48. The summed E-state index contributed by atoms with van der Waals surface area (Å²) >= 11 is 0. The normalized spacial score (nSPS) is 9.75. The van der Waals surface area contributed by atoms with Crippen LogP contribution in [0, 0.1) is 0 Å². The van der Waals surface area contributed by atoms with Gasteiger partial charge in [-0.25, -0.2) is 0 Å². The molecule has 1 aromatic carbocycles. The Labute approximate surface area is 70.0 Å². The van der Waals surface area contributed by atoms with E-state index in [-0.39, 0.29) is 24.0 Å². The lowest BCUT2D eigenvalue weighted by atomic mass is 10.3. The number of methoxy groups -OCH3 is 1. The van der Waals surface area contributed by atoms with Crippen LogP contribution in [0.2, 0.25) is 0 Å². The van der Waals surface area contributed by atoms with Crippen molar-refractivity contribution in [1.29, 1.82) is 0 Å². The number of ether oxygens (including phenoxy) is 2. The molecule has 0 amide bonds. The first-order valence-electron chi connectivity index (χ1n) is 3.38. The molecular formula is C8H10O4. The maximum atomic E-state index is 9.19. The molecule has 0 aliphatic carbocycles. The number of benzene rings is 1. The van der Waals surface area contributed by atoms with E-state index in [1.54, 1.807) is 6.07 Å². The fourth-order valence-electron chi connectivity index (χ4n) is 0.750. The average molecular weight is 170 g/mol. The van der Waals surface area contributed by atoms with Gasteiger partial charge in [-0.1, -0.05) is 6.07 Å². The Morgan fingerprint density at radius 1 is 1.33 bits per heavy atom. The number of hydrogen-bond acceptors (Lipinski definition) is 4. The number of phenolic OH excluding ortho intramolecular Hbond substituents is 2. The number of rotatable bonds is 3. The van der Waals surface area contributed by atoms with Crippen LogP contribution >= 0.6 is 0 Å². The zero-order valence-corrected chi connectivity index (χ0v) is 6.65. The van der Waals surface area contributed by atoms with Gasteiger partial charge in [-0.3, -0.25) is 0 Å². The summed E-state index contributed by atoms with van der Waals surface area (Å²) in [4.78, 5) is 0. The van der Waals surface area contributed by atoms with E-state index in [4.69, 9.17) is 9.84 Å². The molecule has 0 spiro atoms. The van der Waals surface area contributed by atoms with Crippen molar-refractivity contribution < 1.29 is 19.7 Å². The van der Waals surface area contributed by atoms with Gasteiger partial charge in [0.15, 0.2) is 18.3 Å². The molecule has 0 aromatic heterocycles. The quantitative estimate of drug-likeness (QED) is 0.526. The molecule has 1 aromatic rings. The molecular weight excluding hydrogens is 160 g/mol. The van der Waals surface area contributed by atoms with Gasteiger partial charge >= 0.3 is 0 Å². The summed E-state index contributed by atoms with van der Waals surface area (Å²) in [6.45, 7) is 0.0387. The van der Waals surface area contributed by atoms with E-state index < -0.39 is 0 Å². The van der Waals surface area contributed by atoms with Crippen molar-refractivity contribution >= 4 is 0 Å². The summed E-state index contributed by atoms with van der Waals surface area (Å²) in [7, 11) is 1.47. The molecule has 0 aliphatic heterocycles. The van der Waals surface area contributed by atoms with E-state index >= 15 is 0 Å². The summed E-state index contributed by atoms with van der Waals surface area (Å²) in [6, 6.07) is 4.48. The van der Waals surface area contributed by atoms with E-state index in [9.17, 15) is 5.11 Å². The van der Waals surface area contributed by atoms with Crippen LogP contribution < -0.4 is 4.74 Å². The zero-order valence-electron chi connectivity index (χ0n) is 6.65. The van der Waals surface area contributed by atoms with Crippen molar-refractivity contribution in [3.05, 3.63) is 18.2 Å². The third-order valence-electron chi connectivity index (χ3n) is 1.31. The van der Waals surface area contributed by atoms with Crippen LogP contribution in [0.25, 0.3) is 0 Å². The van der Waals surface area contributed by atoms with Gasteiger partial charge in [-0.05, 0) is 12.1 Å². The first-order chi connectivity index (χ1) is 5.75. The lowest BCUT2D eigenvalue weighted by Crippen LogP contribution is -1.98. The minimum atomic E-state index is -0.269. The molecule has 4 heteroatoms. The van der Waals surface area contributed by atoms with E-state index in [0.717, 1.165) is 0 Å². The largest absolute Gasteiger partial charge is 0.504 e. The number of phenols is 2. The maximum absolute atomic E-state index is 9.19. The van der Waals surface area contributed by atoms with Crippen LogP contribution in [0.1, 0.15) is 0 Å². The first kappa shape index (κ1) is 8.67. The molecule has 0 atom stereocenters. The summed E-state index contributed by atoms with van der Waals surface area (Å²) < 4.78 is 9.56. The number of para-hydroxylation sites is 1. The third kappa shape index (κ3) is 1.79. The third-order valence-corrected chi connectivity index (χ3v) is 1.31. The SMILES string of the molecule is COCOc1cccc(O)c1O. The molecule has 0 heterocycles. The Balaban J connectivity index is 2.78. The van der Waals surface area contributed by atoms with Crippen molar-refractivity contribution in [1.82, 2.24) is 0 Å². The minimum absolute atomic E-state index is 0.0387. The summed E-state index contributed by atoms with van der Waals surface area (Å²) in [5, 5.41) is 18.2. The van der Waals surface area contributed by atoms with Gasteiger partial charge in [0.1, 0.15) is 0 Å². The summed E-state index contributed by atoms with van der Waals surface area (Å²) in [5.74, 6) is -0.269. The lowest BCUT2D eigenvalue weighted by Gasteiger charge is -2.06. The van der Waals surface area contributed by atoms with Gasteiger partial charge in [0, 0.05) is 7.11 Å². The summed E-state index contributed by atoms with van der Waals surface area (Å²) in [5.41, 5.74) is 0. The Kier molecular flexibility index (Phi) is 2.76. The summed E-state index contributed by atoms with van der Waals surface area (Å²) in [6.07, 6.45) is 0. The second-order valence-corrected chi connectivity index (χ2v) is 2.17. The van der Waals surface area contributed by atoms with Crippen LogP contribution in [-0.2, 0) is 4.74 Å². The molecule has 0 saturated heterocycles. The lowest BCUT2D eigenvalue weighted by molar-refractivity contribution is 0.0489. The molecule has 2 N–H and O–H groups in total. The Morgan fingerprint density at radius 2 is 2.08 bits per heavy atom. The van der Waals surface area contributed by atoms with Gasteiger partial charge < -0.3 is 19.7 Å². The van der Waals surface area contributed by atoms with E-state index in [1.165, 1.54) is 19.2 Å². The van der Waals surface area contributed by atoms with Crippen molar-refractivity contribution in [3.63, 3.8) is 0 Å². The smallest absolute Gasteiger partial charge is 0.200 e. The predicted molar refractivity (Wildman–Crippen MR) is 42.3 cm³/mol. The molecule has 0 fully saturated rings. The molecule has 0 aliphatic rings.